The first-order valence-electron chi connectivity index (χ1n) is 6.19. The topological polar surface area (TPSA) is 26.3 Å². The lowest BCUT2D eigenvalue weighted by molar-refractivity contribution is -0.140. The third-order valence-electron chi connectivity index (χ3n) is 2.53. The van der Waals surface area contributed by atoms with Gasteiger partial charge in [-0.25, -0.2) is 0 Å². The van der Waals surface area contributed by atoms with Crippen molar-refractivity contribution in [2.45, 2.75) is 64.7 Å². The smallest absolute Gasteiger partial charge is 0.305 e. The molecule has 2 heteroatoms. The van der Waals surface area contributed by atoms with Crippen LogP contribution in [0, 0.1) is 6.42 Å². The zero-order valence-electron chi connectivity index (χ0n) is 10.3. The Hall–Kier alpha value is -0.530. The van der Waals surface area contributed by atoms with Crippen molar-refractivity contribution >= 4 is 5.97 Å². The molecule has 0 amide bonds. The van der Waals surface area contributed by atoms with E-state index in [9.17, 15) is 4.79 Å². The number of esters is 1. The summed E-state index contributed by atoms with van der Waals surface area (Å²) < 4.78 is 4.58. The molecule has 0 unspecified atom stereocenters. The highest BCUT2D eigenvalue weighted by atomic mass is 16.5. The van der Waals surface area contributed by atoms with E-state index < -0.39 is 0 Å². The number of rotatable bonds is 10. The van der Waals surface area contributed by atoms with E-state index in [2.05, 4.69) is 18.1 Å². The van der Waals surface area contributed by atoms with Gasteiger partial charge in [0.1, 0.15) is 0 Å². The van der Waals surface area contributed by atoms with Crippen molar-refractivity contribution in [3.8, 4) is 0 Å². The summed E-state index contributed by atoms with van der Waals surface area (Å²) in [5.74, 6) is -0.0792. The number of hydrogen-bond acceptors (Lipinski definition) is 2. The number of hydrogen-bond donors (Lipinski definition) is 0. The summed E-state index contributed by atoms with van der Waals surface area (Å²) in [6.45, 7) is 2.22. The second-order valence-electron chi connectivity index (χ2n) is 3.96. The number of methoxy groups -OCH3 is 1. The van der Waals surface area contributed by atoms with Crippen LogP contribution in [0.1, 0.15) is 64.7 Å². The first-order valence-corrected chi connectivity index (χ1v) is 6.19. The van der Waals surface area contributed by atoms with Crippen LogP contribution in [0.5, 0.6) is 0 Å². The van der Waals surface area contributed by atoms with Crippen LogP contribution in [-0.2, 0) is 9.53 Å². The number of carbonyl (C=O) groups excluding carboxylic acids is 1. The van der Waals surface area contributed by atoms with Gasteiger partial charge < -0.3 is 4.74 Å². The van der Waals surface area contributed by atoms with Gasteiger partial charge in [-0.2, -0.15) is 0 Å². The van der Waals surface area contributed by atoms with Crippen molar-refractivity contribution in [2.75, 3.05) is 7.11 Å². The molecule has 0 aliphatic carbocycles. The fourth-order valence-corrected chi connectivity index (χ4v) is 1.51. The van der Waals surface area contributed by atoms with Crippen molar-refractivity contribution < 1.29 is 9.53 Å². The van der Waals surface area contributed by atoms with Crippen LogP contribution in [0.3, 0.4) is 0 Å². The van der Waals surface area contributed by atoms with Gasteiger partial charge in [-0.1, -0.05) is 51.9 Å². The third kappa shape index (κ3) is 11.4. The zero-order valence-corrected chi connectivity index (χ0v) is 10.3. The van der Waals surface area contributed by atoms with Gasteiger partial charge in [0.25, 0.3) is 0 Å². The first kappa shape index (κ1) is 14.5. The fourth-order valence-electron chi connectivity index (χ4n) is 1.51. The Morgan fingerprint density at radius 2 is 1.73 bits per heavy atom. The third-order valence-corrected chi connectivity index (χ3v) is 2.53. The Bertz CT molecular complexity index is 143. The van der Waals surface area contributed by atoms with E-state index in [4.69, 9.17) is 0 Å². The van der Waals surface area contributed by atoms with Crippen LogP contribution in [0.2, 0.25) is 0 Å². The Morgan fingerprint density at radius 3 is 2.40 bits per heavy atom. The lowest BCUT2D eigenvalue weighted by Crippen LogP contribution is -1.99. The van der Waals surface area contributed by atoms with Crippen LogP contribution >= 0.6 is 0 Å². The summed E-state index contributed by atoms with van der Waals surface area (Å²) in [6.07, 6.45) is 12.7. The molecule has 0 saturated heterocycles. The van der Waals surface area contributed by atoms with E-state index >= 15 is 0 Å². The quantitative estimate of drug-likeness (QED) is 0.406. The lowest BCUT2D eigenvalue weighted by atomic mass is 10.1. The van der Waals surface area contributed by atoms with Crippen molar-refractivity contribution in [1.29, 1.82) is 0 Å². The van der Waals surface area contributed by atoms with Crippen LogP contribution < -0.4 is 0 Å². The van der Waals surface area contributed by atoms with Crippen LogP contribution in [0.25, 0.3) is 0 Å². The molecule has 0 aliphatic rings. The molecule has 15 heavy (non-hydrogen) atoms. The summed E-state index contributed by atoms with van der Waals surface area (Å²) in [5.41, 5.74) is 0. The monoisotopic (exact) mass is 213 g/mol. The van der Waals surface area contributed by atoms with Gasteiger partial charge in [0.15, 0.2) is 0 Å². The minimum atomic E-state index is -0.0792. The van der Waals surface area contributed by atoms with E-state index in [-0.39, 0.29) is 5.97 Å². The van der Waals surface area contributed by atoms with Crippen LogP contribution in [0.15, 0.2) is 0 Å². The molecule has 0 aromatic carbocycles. The summed E-state index contributed by atoms with van der Waals surface area (Å²) in [7, 11) is 1.45. The average Bonchev–Trinajstić information content (AvgIpc) is 2.26. The highest BCUT2D eigenvalue weighted by molar-refractivity contribution is 5.68. The largest absolute Gasteiger partial charge is 0.469 e. The maximum Gasteiger partial charge on any atom is 0.305 e. The molecule has 2 nitrogen and oxygen atoms in total. The molecule has 89 valence electrons. The summed E-state index contributed by atoms with van der Waals surface area (Å²) >= 11 is 0. The van der Waals surface area contributed by atoms with E-state index in [0.717, 1.165) is 12.8 Å². The molecule has 0 aromatic heterocycles. The number of unbranched alkanes of at least 4 members (excludes halogenated alkanes) is 8. The van der Waals surface area contributed by atoms with Crippen molar-refractivity contribution in [1.82, 2.24) is 0 Å². The molecule has 0 N–H and O–H groups in total. The normalized spacial score (nSPS) is 10.3. The maximum absolute atomic E-state index is 10.8. The highest BCUT2D eigenvalue weighted by Gasteiger charge is 1.98. The Morgan fingerprint density at radius 1 is 1.07 bits per heavy atom. The number of carbonyl (C=O) groups is 1. The van der Waals surface area contributed by atoms with Gasteiger partial charge in [-0.05, 0) is 12.8 Å². The maximum atomic E-state index is 10.8. The van der Waals surface area contributed by atoms with Gasteiger partial charge in [-0.3, -0.25) is 4.79 Å². The molecule has 0 heterocycles. The molecule has 0 rings (SSSR count). The summed E-state index contributed by atoms with van der Waals surface area (Å²) in [6, 6.07) is 0. The number of ether oxygens (including phenoxy) is 1. The molecule has 0 spiro atoms. The molecular weight excluding hydrogens is 188 g/mol. The van der Waals surface area contributed by atoms with E-state index in [1.165, 1.54) is 45.6 Å². The predicted octanol–water partition coefficient (Wildman–Crippen LogP) is 3.89. The molecule has 0 bridgehead atoms. The molecule has 0 fully saturated rings. The standard InChI is InChI=1S/C13H25O2/c1-3-4-5-6-7-8-9-10-11-12-13(14)15-2/h6H,3-5,7-12H2,1-2H3. The predicted molar refractivity (Wildman–Crippen MR) is 63.5 cm³/mol. The van der Waals surface area contributed by atoms with Crippen molar-refractivity contribution in [3.63, 3.8) is 0 Å². The minimum Gasteiger partial charge on any atom is -0.469 e. The fraction of sp³-hybridized carbons (Fsp3) is 0.846. The second-order valence-corrected chi connectivity index (χ2v) is 3.96. The Kier molecular flexibility index (Phi) is 11.1. The molecule has 0 aliphatic heterocycles. The van der Waals surface area contributed by atoms with E-state index in [0.29, 0.717) is 6.42 Å². The molecule has 0 saturated carbocycles. The van der Waals surface area contributed by atoms with Crippen LogP contribution in [-0.4, -0.2) is 13.1 Å². The average molecular weight is 213 g/mol. The summed E-state index contributed by atoms with van der Waals surface area (Å²) in [4.78, 5) is 10.8. The SMILES string of the molecule is CCCC[CH]CCCCCCC(=O)OC. The molecule has 1 radical (unpaired) electrons. The van der Waals surface area contributed by atoms with E-state index in [1.807, 2.05) is 0 Å². The lowest BCUT2D eigenvalue weighted by Gasteiger charge is -2.01. The van der Waals surface area contributed by atoms with Gasteiger partial charge in [0.05, 0.1) is 7.11 Å². The van der Waals surface area contributed by atoms with E-state index in [1.54, 1.807) is 0 Å². The van der Waals surface area contributed by atoms with Gasteiger partial charge in [0.2, 0.25) is 0 Å². The molecule has 0 atom stereocenters. The highest BCUT2D eigenvalue weighted by Crippen LogP contribution is 2.09. The molecule has 0 aromatic rings. The van der Waals surface area contributed by atoms with Gasteiger partial charge in [0, 0.05) is 6.42 Å². The van der Waals surface area contributed by atoms with Crippen molar-refractivity contribution in [3.05, 3.63) is 6.42 Å². The Labute approximate surface area is 94.4 Å². The van der Waals surface area contributed by atoms with Crippen molar-refractivity contribution in [2.24, 2.45) is 0 Å². The first-order chi connectivity index (χ1) is 7.31. The second kappa shape index (κ2) is 11.5. The molecular formula is C13H25O2. The summed E-state index contributed by atoms with van der Waals surface area (Å²) in [5, 5.41) is 0. The zero-order chi connectivity index (χ0) is 11.4. The van der Waals surface area contributed by atoms with Gasteiger partial charge in [-0.15, -0.1) is 0 Å². The Balaban J connectivity index is 2.95. The minimum absolute atomic E-state index is 0.0792. The van der Waals surface area contributed by atoms with Crippen LogP contribution in [0.4, 0.5) is 0 Å². The van der Waals surface area contributed by atoms with Gasteiger partial charge >= 0.3 is 5.97 Å².